The Labute approximate surface area is 110 Å². The predicted octanol–water partition coefficient (Wildman–Crippen LogP) is 2.70. The molecule has 1 fully saturated rings. The molecule has 96 valence electrons. The molecule has 0 bridgehead atoms. The molecule has 1 aromatic carbocycles. The van der Waals surface area contributed by atoms with Crippen molar-refractivity contribution in [2.24, 2.45) is 0 Å². The predicted molar refractivity (Wildman–Crippen MR) is 67.6 cm³/mol. The topological polar surface area (TPSA) is 47.6 Å². The van der Waals surface area contributed by atoms with Crippen LogP contribution >= 0.6 is 11.6 Å². The van der Waals surface area contributed by atoms with Gasteiger partial charge in [0.1, 0.15) is 0 Å². The van der Waals surface area contributed by atoms with Crippen molar-refractivity contribution in [1.29, 1.82) is 0 Å². The van der Waals surface area contributed by atoms with Crippen LogP contribution in [0.4, 0.5) is 0 Å². The molecule has 0 saturated carbocycles. The van der Waals surface area contributed by atoms with Crippen LogP contribution in [-0.2, 0) is 0 Å². The number of halogens is 1. The van der Waals surface area contributed by atoms with Gasteiger partial charge in [-0.05, 0) is 25.5 Å². The molecule has 2 aliphatic rings. The Morgan fingerprint density at radius 1 is 1.33 bits per heavy atom. The lowest BCUT2D eigenvalue weighted by atomic mass is 9.95. The molecule has 0 amide bonds. The third kappa shape index (κ3) is 1.85. The Morgan fingerprint density at radius 2 is 2.17 bits per heavy atom. The van der Waals surface area contributed by atoms with E-state index in [1.807, 2.05) is 0 Å². The van der Waals surface area contributed by atoms with E-state index >= 15 is 0 Å². The van der Waals surface area contributed by atoms with E-state index in [0.29, 0.717) is 22.1 Å². The van der Waals surface area contributed by atoms with E-state index in [0.717, 1.165) is 24.8 Å². The Bertz CT molecular complexity index is 484. The van der Waals surface area contributed by atoms with Crippen LogP contribution in [-0.4, -0.2) is 19.6 Å². The van der Waals surface area contributed by atoms with E-state index in [-0.39, 0.29) is 12.8 Å². The summed E-state index contributed by atoms with van der Waals surface area (Å²) in [6.45, 7) is 1.13. The van der Waals surface area contributed by atoms with Crippen molar-refractivity contribution in [3.8, 4) is 11.5 Å². The number of nitrogens with one attached hydrogen (secondary N) is 1. The monoisotopic (exact) mass is 267 g/mol. The molecule has 5 heteroatoms. The van der Waals surface area contributed by atoms with Crippen molar-refractivity contribution in [3.05, 3.63) is 22.2 Å². The van der Waals surface area contributed by atoms with Crippen LogP contribution in [0.3, 0.4) is 0 Å². The molecule has 0 radical (unpaired) electrons. The summed E-state index contributed by atoms with van der Waals surface area (Å²) in [5.74, 6) is 1.15. The van der Waals surface area contributed by atoms with Gasteiger partial charge < -0.3 is 14.8 Å². The highest BCUT2D eigenvalue weighted by atomic mass is 35.5. The van der Waals surface area contributed by atoms with Crippen LogP contribution in [0.2, 0.25) is 5.02 Å². The Hall–Kier alpha value is -1.26. The van der Waals surface area contributed by atoms with Crippen LogP contribution < -0.4 is 14.8 Å². The fraction of sp³-hybridized carbons (Fsp3) is 0.462. The summed E-state index contributed by atoms with van der Waals surface area (Å²) < 4.78 is 10.9. The van der Waals surface area contributed by atoms with Crippen molar-refractivity contribution < 1.29 is 14.3 Å². The fourth-order valence-electron chi connectivity index (χ4n) is 2.59. The zero-order chi connectivity index (χ0) is 12.5. The van der Waals surface area contributed by atoms with E-state index < -0.39 is 0 Å². The van der Waals surface area contributed by atoms with E-state index in [9.17, 15) is 4.79 Å². The van der Waals surface area contributed by atoms with Gasteiger partial charge in [0, 0.05) is 11.6 Å². The molecule has 1 unspecified atom stereocenters. The summed E-state index contributed by atoms with van der Waals surface area (Å²) in [7, 11) is 0. The Balaban J connectivity index is 2.08. The molecule has 1 N–H and O–H groups in total. The molecule has 18 heavy (non-hydrogen) atoms. The lowest BCUT2D eigenvalue weighted by Crippen LogP contribution is -2.27. The van der Waals surface area contributed by atoms with Gasteiger partial charge in [0.05, 0.1) is 10.6 Å². The number of benzene rings is 1. The number of carbonyl (C=O) groups excluding carboxylic acids is 1. The van der Waals surface area contributed by atoms with E-state index in [1.165, 1.54) is 12.8 Å². The Kier molecular flexibility index (Phi) is 3.14. The minimum absolute atomic E-state index is 0.149. The molecule has 0 aliphatic carbocycles. The average Bonchev–Trinajstić information content (AvgIpc) is 2.87. The van der Waals surface area contributed by atoms with Gasteiger partial charge in [-0.2, -0.15) is 0 Å². The van der Waals surface area contributed by atoms with Crippen molar-refractivity contribution in [1.82, 2.24) is 5.32 Å². The minimum Gasteiger partial charge on any atom is -0.453 e. The second kappa shape index (κ2) is 4.78. The second-order valence-corrected chi connectivity index (χ2v) is 4.95. The van der Waals surface area contributed by atoms with Gasteiger partial charge in [0.25, 0.3) is 0 Å². The maximum Gasteiger partial charge on any atom is 0.231 e. The zero-order valence-electron chi connectivity index (χ0n) is 9.87. The SMILES string of the molecule is O=Cc1cc(Cl)c(C2CCCCN2)c2c1OCO2. The quantitative estimate of drug-likeness (QED) is 0.837. The first kappa shape index (κ1) is 11.8. The van der Waals surface area contributed by atoms with Gasteiger partial charge in [-0.25, -0.2) is 0 Å². The lowest BCUT2D eigenvalue weighted by Gasteiger charge is -2.25. The van der Waals surface area contributed by atoms with Crippen LogP contribution in [0.5, 0.6) is 11.5 Å². The molecule has 3 rings (SSSR count). The molecular formula is C13H14ClNO3. The standard InChI is InChI=1S/C13H14ClNO3/c14-9-5-8(6-16)12-13(18-7-17-12)11(9)10-3-1-2-4-15-10/h5-6,10,15H,1-4,7H2. The van der Waals surface area contributed by atoms with Crippen molar-refractivity contribution in [2.75, 3.05) is 13.3 Å². The molecule has 4 nitrogen and oxygen atoms in total. The number of hydrogen-bond acceptors (Lipinski definition) is 4. The molecule has 1 atom stereocenters. The number of fused-ring (bicyclic) bond motifs is 1. The highest BCUT2D eigenvalue weighted by Gasteiger charge is 2.29. The average molecular weight is 268 g/mol. The van der Waals surface area contributed by atoms with Crippen LogP contribution in [0.25, 0.3) is 0 Å². The normalized spacial score (nSPS) is 21.9. The molecule has 1 saturated heterocycles. The summed E-state index contributed by atoms with van der Waals surface area (Å²) in [5.41, 5.74) is 1.38. The summed E-state index contributed by atoms with van der Waals surface area (Å²) in [6.07, 6.45) is 4.12. The molecular weight excluding hydrogens is 254 g/mol. The molecule has 0 aromatic heterocycles. The summed E-state index contributed by atoms with van der Waals surface area (Å²) in [6, 6.07) is 1.84. The smallest absolute Gasteiger partial charge is 0.231 e. The van der Waals surface area contributed by atoms with Gasteiger partial charge in [0.2, 0.25) is 6.79 Å². The van der Waals surface area contributed by atoms with Crippen LogP contribution in [0, 0.1) is 0 Å². The number of carbonyl (C=O) groups is 1. The van der Waals surface area contributed by atoms with Gasteiger partial charge in [-0.15, -0.1) is 0 Å². The van der Waals surface area contributed by atoms with Gasteiger partial charge >= 0.3 is 0 Å². The first-order valence-electron chi connectivity index (χ1n) is 6.12. The fourth-order valence-corrected chi connectivity index (χ4v) is 2.93. The summed E-state index contributed by atoms with van der Waals surface area (Å²) in [5, 5.41) is 4.01. The van der Waals surface area contributed by atoms with Gasteiger partial charge in [0.15, 0.2) is 17.8 Å². The minimum atomic E-state index is 0.149. The highest BCUT2D eigenvalue weighted by Crippen LogP contribution is 2.46. The van der Waals surface area contributed by atoms with Crippen LogP contribution in [0.1, 0.15) is 41.2 Å². The van der Waals surface area contributed by atoms with Crippen molar-refractivity contribution >= 4 is 17.9 Å². The van der Waals surface area contributed by atoms with Crippen molar-refractivity contribution in [2.45, 2.75) is 25.3 Å². The first-order valence-corrected chi connectivity index (χ1v) is 6.49. The van der Waals surface area contributed by atoms with Crippen LogP contribution in [0.15, 0.2) is 6.07 Å². The summed E-state index contributed by atoms with van der Waals surface area (Å²) in [4.78, 5) is 11.0. The number of aldehydes is 1. The molecule has 1 aromatic rings. The number of hydrogen-bond donors (Lipinski definition) is 1. The van der Waals surface area contributed by atoms with E-state index in [2.05, 4.69) is 5.32 Å². The van der Waals surface area contributed by atoms with E-state index in [1.54, 1.807) is 6.07 Å². The molecule has 0 spiro atoms. The van der Waals surface area contributed by atoms with Gasteiger partial charge in [-0.1, -0.05) is 18.0 Å². The maximum atomic E-state index is 11.0. The van der Waals surface area contributed by atoms with Gasteiger partial charge in [-0.3, -0.25) is 4.79 Å². The molecule has 2 heterocycles. The van der Waals surface area contributed by atoms with Crippen molar-refractivity contribution in [3.63, 3.8) is 0 Å². The molecule has 2 aliphatic heterocycles. The maximum absolute atomic E-state index is 11.0. The lowest BCUT2D eigenvalue weighted by molar-refractivity contribution is 0.111. The zero-order valence-corrected chi connectivity index (χ0v) is 10.6. The third-order valence-electron chi connectivity index (χ3n) is 3.44. The first-order chi connectivity index (χ1) is 8.81. The second-order valence-electron chi connectivity index (χ2n) is 4.55. The number of rotatable bonds is 2. The number of ether oxygens (including phenoxy) is 2. The highest BCUT2D eigenvalue weighted by molar-refractivity contribution is 6.32. The summed E-state index contributed by atoms with van der Waals surface area (Å²) >= 11 is 6.29. The largest absolute Gasteiger partial charge is 0.453 e. The van der Waals surface area contributed by atoms with E-state index in [4.69, 9.17) is 21.1 Å². The Morgan fingerprint density at radius 3 is 2.89 bits per heavy atom. The third-order valence-corrected chi connectivity index (χ3v) is 3.76. The number of piperidine rings is 1.